The lowest BCUT2D eigenvalue weighted by Gasteiger charge is -2.19. The fourth-order valence-corrected chi connectivity index (χ4v) is 1.03. The van der Waals surface area contributed by atoms with E-state index in [1.807, 2.05) is 0 Å². The summed E-state index contributed by atoms with van der Waals surface area (Å²) in [5, 5.41) is 2.41. The smallest absolute Gasteiger partial charge is 0.412 e. The molecule has 0 aliphatic carbocycles. The van der Waals surface area contributed by atoms with E-state index in [0.717, 1.165) is 6.07 Å². The maximum atomic E-state index is 13.1. The summed E-state index contributed by atoms with van der Waals surface area (Å²) in [6.07, 6.45) is -0.628. The molecule has 0 aliphatic rings. The number of benzene rings is 1. The molecule has 1 aromatic rings. The van der Waals surface area contributed by atoms with Gasteiger partial charge in [-0.15, -0.1) is 0 Å². The Morgan fingerprint density at radius 2 is 2.06 bits per heavy atom. The zero-order chi connectivity index (χ0) is 12.3. The third-order valence-electron chi connectivity index (χ3n) is 1.65. The Balaban J connectivity index is 2.67. The summed E-state index contributed by atoms with van der Waals surface area (Å²) in [4.78, 5) is 11.3. The van der Waals surface area contributed by atoms with E-state index in [-0.39, 0.29) is 5.69 Å². The van der Waals surface area contributed by atoms with Gasteiger partial charge in [-0.1, -0.05) is 0 Å². The average Bonchev–Trinajstić information content (AvgIpc) is 2.08. The van der Waals surface area contributed by atoms with Crippen molar-refractivity contribution in [3.63, 3.8) is 0 Å². The lowest BCUT2D eigenvalue weighted by molar-refractivity contribution is 0.0636. The van der Waals surface area contributed by atoms with Gasteiger partial charge in [0, 0.05) is 5.69 Å². The van der Waals surface area contributed by atoms with Crippen LogP contribution in [0.5, 0.6) is 0 Å². The first kappa shape index (κ1) is 12.3. The number of carbonyl (C=O) groups is 1. The number of halogens is 1. The van der Waals surface area contributed by atoms with Gasteiger partial charge in [0.2, 0.25) is 0 Å². The maximum absolute atomic E-state index is 13.1. The minimum atomic E-state index is -0.628. The minimum absolute atomic E-state index is 0.0368. The van der Waals surface area contributed by atoms with Crippen LogP contribution in [0.25, 0.3) is 0 Å². The van der Waals surface area contributed by atoms with Gasteiger partial charge in [0.05, 0.1) is 5.69 Å². The number of nitrogens with two attached hydrogens (primary N) is 1. The summed E-state index contributed by atoms with van der Waals surface area (Å²) in [5.74, 6) is -0.575. The van der Waals surface area contributed by atoms with E-state index in [1.54, 1.807) is 20.8 Å². The zero-order valence-corrected chi connectivity index (χ0v) is 9.50. The van der Waals surface area contributed by atoms with Crippen molar-refractivity contribution in [2.75, 3.05) is 11.1 Å². The van der Waals surface area contributed by atoms with Crippen molar-refractivity contribution < 1.29 is 13.9 Å². The monoisotopic (exact) mass is 226 g/mol. The number of rotatable bonds is 1. The second-order valence-corrected chi connectivity index (χ2v) is 4.36. The molecule has 0 aliphatic heterocycles. The van der Waals surface area contributed by atoms with Crippen molar-refractivity contribution in [2.45, 2.75) is 26.4 Å². The van der Waals surface area contributed by atoms with Crippen LogP contribution in [-0.2, 0) is 4.74 Å². The van der Waals surface area contributed by atoms with Crippen LogP contribution in [0, 0.1) is 5.82 Å². The van der Waals surface area contributed by atoms with Crippen molar-refractivity contribution in [1.82, 2.24) is 0 Å². The number of hydrogen-bond acceptors (Lipinski definition) is 3. The number of amides is 1. The number of carbonyl (C=O) groups excluding carboxylic acids is 1. The number of nitrogen functional groups attached to an aromatic ring is 1. The molecule has 88 valence electrons. The Morgan fingerprint density at radius 1 is 1.44 bits per heavy atom. The Bertz CT molecular complexity index is 399. The van der Waals surface area contributed by atoms with E-state index in [4.69, 9.17) is 10.5 Å². The molecule has 0 saturated carbocycles. The summed E-state index contributed by atoms with van der Waals surface area (Å²) in [6, 6.07) is 4.02. The summed E-state index contributed by atoms with van der Waals surface area (Å²) in [7, 11) is 0. The highest BCUT2D eigenvalue weighted by atomic mass is 19.1. The molecule has 0 saturated heterocycles. The van der Waals surface area contributed by atoms with Gasteiger partial charge >= 0.3 is 6.09 Å². The van der Waals surface area contributed by atoms with Gasteiger partial charge in [0.25, 0.3) is 0 Å². The average molecular weight is 226 g/mol. The second-order valence-electron chi connectivity index (χ2n) is 4.36. The molecule has 0 bridgehead atoms. The molecule has 0 aromatic heterocycles. The molecule has 1 aromatic carbocycles. The number of ether oxygens (including phenoxy) is 1. The zero-order valence-electron chi connectivity index (χ0n) is 9.50. The van der Waals surface area contributed by atoms with Gasteiger partial charge in [0.15, 0.2) is 0 Å². The van der Waals surface area contributed by atoms with Gasteiger partial charge < -0.3 is 10.5 Å². The van der Waals surface area contributed by atoms with E-state index in [0.29, 0.717) is 5.69 Å². The fourth-order valence-electron chi connectivity index (χ4n) is 1.03. The second kappa shape index (κ2) is 4.38. The fraction of sp³-hybridized carbons (Fsp3) is 0.364. The van der Waals surface area contributed by atoms with Crippen LogP contribution < -0.4 is 11.1 Å². The van der Waals surface area contributed by atoms with Crippen molar-refractivity contribution in [2.24, 2.45) is 0 Å². The minimum Gasteiger partial charge on any atom is -0.444 e. The molecule has 1 rings (SSSR count). The van der Waals surface area contributed by atoms with Gasteiger partial charge in [-0.25, -0.2) is 9.18 Å². The normalized spacial score (nSPS) is 11.0. The summed E-state index contributed by atoms with van der Waals surface area (Å²) in [6.45, 7) is 5.24. The Labute approximate surface area is 93.6 Å². The highest BCUT2D eigenvalue weighted by Gasteiger charge is 2.16. The van der Waals surface area contributed by atoms with Crippen LogP contribution in [0.2, 0.25) is 0 Å². The molecule has 0 heterocycles. The molecule has 0 radical (unpaired) electrons. The molecule has 3 N–H and O–H groups in total. The van der Waals surface area contributed by atoms with Crippen molar-refractivity contribution >= 4 is 17.5 Å². The SMILES string of the molecule is CC(C)(C)OC(=O)Nc1ccc(N)c(F)c1. The van der Waals surface area contributed by atoms with Crippen LogP contribution >= 0.6 is 0 Å². The lowest BCUT2D eigenvalue weighted by Crippen LogP contribution is -2.27. The van der Waals surface area contributed by atoms with Crippen LogP contribution in [0.1, 0.15) is 20.8 Å². The van der Waals surface area contributed by atoms with Gasteiger partial charge in [-0.3, -0.25) is 5.32 Å². The molecule has 16 heavy (non-hydrogen) atoms. The van der Waals surface area contributed by atoms with Gasteiger partial charge in [-0.2, -0.15) is 0 Å². The Morgan fingerprint density at radius 3 is 2.56 bits per heavy atom. The highest BCUT2D eigenvalue weighted by molar-refractivity contribution is 5.85. The number of hydrogen-bond donors (Lipinski definition) is 2. The molecular weight excluding hydrogens is 211 g/mol. The van der Waals surface area contributed by atoms with E-state index < -0.39 is 17.5 Å². The van der Waals surface area contributed by atoms with E-state index >= 15 is 0 Å². The molecule has 0 atom stereocenters. The highest BCUT2D eigenvalue weighted by Crippen LogP contribution is 2.17. The quantitative estimate of drug-likeness (QED) is 0.723. The first-order valence-electron chi connectivity index (χ1n) is 4.83. The van der Waals surface area contributed by atoms with Gasteiger partial charge in [0.1, 0.15) is 11.4 Å². The van der Waals surface area contributed by atoms with Crippen LogP contribution in [-0.4, -0.2) is 11.7 Å². The summed E-state index contributed by atoms with van der Waals surface area (Å²) >= 11 is 0. The van der Waals surface area contributed by atoms with E-state index in [2.05, 4.69) is 5.32 Å². The van der Waals surface area contributed by atoms with Crippen LogP contribution in [0.15, 0.2) is 18.2 Å². The van der Waals surface area contributed by atoms with E-state index in [9.17, 15) is 9.18 Å². The number of anilines is 2. The first-order valence-corrected chi connectivity index (χ1v) is 4.83. The van der Waals surface area contributed by atoms with Crippen molar-refractivity contribution in [1.29, 1.82) is 0 Å². The number of nitrogens with one attached hydrogen (secondary N) is 1. The molecule has 0 unspecified atom stereocenters. The van der Waals surface area contributed by atoms with Crippen LogP contribution in [0.4, 0.5) is 20.6 Å². The summed E-state index contributed by atoms with van der Waals surface area (Å²) < 4.78 is 18.1. The lowest BCUT2D eigenvalue weighted by atomic mass is 10.2. The van der Waals surface area contributed by atoms with Crippen molar-refractivity contribution in [3.8, 4) is 0 Å². The standard InChI is InChI=1S/C11H15FN2O2/c1-11(2,3)16-10(15)14-7-4-5-9(13)8(12)6-7/h4-6H,13H2,1-3H3,(H,14,15). The molecule has 0 spiro atoms. The molecule has 1 amide bonds. The summed E-state index contributed by atoms with van der Waals surface area (Å²) in [5.41, 5.74) is 5.06. The molecular formula is C11H15FN2O2. The topological polar surface area (TPSA) is 64.3 Å². The van der Waals surface area contributed by atoms with Crippen LogP contribution in [0.3, 0.4) is 0 Å². The van der Waals surface area contributed by atoms with Crippen molar-refractivity contribution in [3.05, 3.63) is 24.0 Å². The Kier molecular flexibility index (Phi) is 3.37. The largest absolute Gasteiger partial charge is 0.444 e. The molecule has 5 heteroatoms. The third kappa shape index (κ3) is 3.76. The molecule has 0 fully saturated rings. The first-order chi connectivity index (χ1) is 7.28. The van der Waals surface area contributed by atoms with E-state index in [1.165, 1.54) is 12.1 Å². The maximum Gasteiger partial charge on any atom is 0.412 e. The predicted molar refractivity (Wildman–Crippen MR) is 60.7 cm³/mol. The third-order valence-corrected chi connectivity index (χ3v) is 1.65. The molecule has 4 nitrogen and oxygen atoms in total. The predicted octanol–water partition coefficient (Wildman–Crippen LogP) is 2.75. The Hall–Kier alpha value is -1.78. The van der Waals surface area contributed by atoms with Gasteiger partial charge in [-0.05, 0) is 39.0 Å².